The molecule has 50 heavy (non-hydrogen) atoms. The molecular formula is C45H31N3OS. The van der Waals surface area contributed by atoms with Crippen LogP contribution in [0.3, 0.4) is 0 Å². The quantitative estimate of drug-likeness (QED) is 0.193. The number of benzene rings is 7. The zero-order chi connectivity index (χ0) is 33.0. The number of amidine groups is 1. The summed E-state index contributed by atoms with van der Waals surface area (Å²) in [7, 11) is 0. The Morgan fingerprint density at radius 1 is 0.500 bits per heavy atom. The lowest BCUT2D eigenvalue weighted by Crippen LogP contribution is -2.45. The highest BCUT2D eigenvalue weighted by Gasteiger charge is 2.28. The van der Waals surface area contributed by atoms with E-state index in [9.17, 15) is 0 Å². The predicted molar refractivity (Wildman–Crippen MR) is 209 cm³/mol. The number of aliphatic imine (C=N–C) groups is 1. The fraction of sp³-hybridized carbons (Fsp3) is 0.0444. The molecule has 3 heterocycles. The third-order valence-corrected chi connectivity index (χ3v) is 10.9. The number of fused-ring (bicyclic) bond motifs is 6. The molecule has 0 saturated heterocycles. The van der Waals surface area contributed by atoms with E-state index in [1.54, 1.807) is 0 Å². The van der Waals surface area contributed by atoms with Gasteiger partial charge in [-0.25, -0.2) is 4.99 Å². The Hall–Kier alpha value is -6.01. The third kappa shape index (κ3) is 4.98. The van der Waals surface area contributed by atoms with Gasteiger partial charge < -0.3 is 9.73 Å². The molecule has 0 radical (unpaired) electrons. The van der Waals surface area contributed by atoms with Crippen LogP contribution < -0.4 is 10.6 Å². The van der Waals surface area contributed by atoms with Crippen LogP contribution >= 0.6 is 11.3 Å². The monoisotopic (exact) mass is 661 g/mol. The predicted octanol–water partition coefficient (Wildman–Crippen LogP) is 11.6. The maximum Gasteiger partial charge on any atom is 0.146 e. The lowest BCUT2D eigenvalue weighted by atomic mass is 10.0. The van der Waals surface area contributed by atoms with Crippen LogP contribution in [-0.4, -0.2) is 5.84 Å². The Morgan fingerprint density at radius 2 is 1.18 bits per heavy atom. The molecule has 4 nitrogen and oxygen atoms in total. The van der Waals surface area contributed by atoms with Gasteiger partial charge >= 0.3 is 0 Å². The molecule has 0 saturated carbocycles. The first-order chi connectivity index (χ1) is 24.7. The van der Waals surface area contributed by atoms with Crippen molar-refractivity contribution < 1.29 is 4.42 Å². The number of rotatable bonds is 5. The van der Waals surface area contributed by atoms with Crippen LogP contribution in [0.5, 0.6) is 0 Å². The highest BCUT2D eigenvalue weighted by atomic mass is 32.1. The van der Waals surface area contributed by atoms with Crippen LogP contribution in [-0.2, 0) is 0 Å². The van der Waals surface area contributed by atoms with Gasteiger partial charge in [0.25, 0.3) is 0 Å². The first-order valence-corrected chi connectivity index (χ1v) is 17.7. The van der Waals surface area contributed by atoms with E-state index in [1.807, 2.05) is 23.5 Å². The smallest absolute Gasteiger partial charge is 0.146 e. The van der Waals surface area contributed by atoms with E-state index in [1.165, 1.54) is 42.4 Å². The van der Waals surface area contributed by atoms with Gasteiger partial charge in [-0.3, -0.25) is 5.32 Å². The van der Waals surface area contributed by atoms with Gasteiger partial charge in [0.15, 0.2) is 0 Å². The van der Waals surface area contributed by atoms with Crippen molar-refractivity contribution in [3.05, 3.63) is 180 Å². The minimum Gasteiger partial charge on any atom is -0.455 e. The Kier molecular flexibility index (Phi) is 6.86. The maximum atomic E-state index is 6.48. The number of nitrogens with one attached hydrogen (secondary N) is 2. The molecule has 2 aromatic heterocycles. The molecular weight excluding hydrogens is 631 g/mol. The number of thiophene rings is 1. The summed E-state index contributed by atoms with van der Waals surface area (Å²) >= 11 is 1.83. The summed E-state index contributed by atoms with van der Waals surface area (Å²) in [4.78, 5) is 5.34. The molecule has 0 aliphatic carbocycles. The minimum atomic E-state index is -0.279. The van der Waals surface area contributed by atoms with Gasteiger partial charge in [-0.05, 0) is 63.7 Å². The molecule has 1 aliphatic heterocycles. The molecule has 7 aromatic carbocycles. The second-order valence-electron chi connectivity index (χ2n) is 12.8. The first kappa shape index (κ1) is 29.0. The molecule has 1 aliphatic rings. The van der Waals surface area contributed by atoms with Crippen molar-refractivity contribution in [2.75, 3.05) is 0 Å². The van der Waals surface area contributed by atoms with E-state index >= 15 is 0 Å². The van der Waals surface area contributed by atoms with E-state index in [0.717, 1.165) is 44.5 Å². The van der Waals surface area contributed by atoms with E-state index in [4.69, 9.17) is 9.41 Å². The van der Waals surface area contributed by atoms with Crippen LogP contribution in [0.15, 0.2) is 173 Å². The summed E-state index contributed by atoms with van der Waals surface area (Å²) in [6, 6.07) is 58.0. The number of furan rings is 1. The molecule has 0 bridgehead atoms. The van der Waals surface area contributed by atoms with E-state index in [0.29, 0.717) is 0 Å². The van der Waals surface area contributed by atoms with Crippen LogP contribution in [0.1, 0.15) is 29.0 Å². The van der Waals surface area contributed by atoms with Crippen molar-refractivity contribution in [3.63, 3.8) is 0 Å². The zero-order valence-corrected chi connectivity index (χ0v) is 27.8. The Labute approximate surface area is 293 Å². The van der Waals surface area contributed by atoms with Crippen molar-refractivity contribution in [1.82, 2.24) is 10.6 Å². The van der Waals surface area contributed by atoms with Gasteiger partial charge in [0, 0.05) is 30.9 Å². The summed E-state index contributed by atoms with van der Waals surface area (Å²) in [5.41, 5.74) is 9.77. The topological polar surface area (TPSA) is 49.6 Å². The standard InChI is InChI=1S/C45H31N3OS/c1-3-10-28(11-4-1)30-18-20-31(21-19-30)43-46-44(48-45(47-43)37-16-9-15-36-34-14-7-8-17-39(34)49-42(36)37)33-22-24-35-38-26-32(29-12-5-2-6-13-29)23-25-40(38)50-41(35)27-33/h1-27,43-44,46H,(H,47,48). The van der Waals surface area contributed by atoms with Gasteiger partial charge in [0.05, 0.1) is 5.56 Å². The van der Waals surface area contributed by atoms with Crippen molar-refractivity contribution in [1.29, 1.82) is 0 Å². The van der Waals surface area contributed by atoms with Crippen molar-refractivity contribution >= 4 is 59.3 Å². The molecule has 2 unspecified atom stereocenters. The lowest BCUT2D eigenvalue weighted by molar-refractivity contribution is 0.409. The molecule has 9 aromatic rings. The SMILES string of the molecule is c1ccc(-c2ccc(C3NC(c4cccc5c4oc4ccccc45)=NC(c4ccc5c(c4)sc4ccc(-c6ccccc6)cc45)N3)cc2)cc1. The average molecular weight is 662 g/mol. The van der Waals surface area contributed by atoms with Gasteiger partial charge in [-0.2, -0.15) is 0 Å². The molecule has 2 N–H and O–H groups in total. The Bertz CT molecular complexity index is 2710. The van der Waals surface area contributed by atoms with Gasteiger partial charge in [0.2, 0.25) is 0 Å². The van der Waals surface area contributed by atoms with Crippen LogP contribution in [0.2, 0.25) is 0 Å². The zero-order valence-electron chi connectivity index (χ0n) is 27.0. The number of hydrogen-bond donors (Lipinski definition) is 2. The highest BCUT2D eigenvalue weighted by Crippen LogP contribution is 2.39. The van der Waals surface area contributed by atoms with Crippen molar-refractivity contribution in [2.45, 2.75) is 12.3 Å². The van der Waals surface area contributed by atoms with E-state index in [2.05, 4.69) is 162 Å². The fourth-order valence-corrected chi connectivity index (χ4v) is 8.38. The first-order valence-electron chi connectivity index (χ1n) is 16.9. The molecule has 10 rings (SSSR count). The molecule has 238 valence electrons. The molecule has 2 atom stereocenters. The lowest BCUT2D eigenvalue weighted by Gasteiger charge is -2.32. The summed E-state index contributed by atoms with van der Waals surface area (Å²) < 4.78 is 9.01. The molecule has 0 amide bonds. The van der Waals surface area contributed by atoms with Crippen molar-refractivity contribution in [3.8, 4) is 22.3 Å². The van der Waals surface area contributed by atoms with Gasteiger partial charge in [0.1, 0.15) is 29.3 Å². The summed E-state index contributed by atoms with van der Waals surface area (Å²) in [6.07, 6.45) is -0.456. The van der Waals surface area contributed by atoms with E-state index < -0.39 is 0 Å². The number of para-hydroxylation sites is 2. The summed E-state index contributed by atoms with van der Waals surface area (Å²) in [5, 5.41) is 12.3. The number of nitrogens with zero attached hydrogens (tertiary/aromatic N) is 1. The average Bonchev–Trinajstić information content (AvgIpc) is 3.76. The normalized spacial score (nSPS) is 16.2. The molecule has 0 spiro atoms. The van der Waals surface area contributed by atoms with Gasteiger partial charge in [-0.1, -0.05) is 133 Å². The van der Waals surface area contributed by atoms with Crippen LogP contribution in [0, 0.1) is 0 Å². The van der Waals surface area contributed by atoms with Gasteiger partial charge in [-0.15, -0.1) is 11.3 Å². The number of hydrogen-bond acceptors (Lipinski definition) is 5. The fourth-order valence-electron chi connectivity index (χ4n) is 7.24. The highest BCUT2D eigenvalue weighted by molar-refractivity contribution is 7.25. The van der Waals surface area contributed by atoms with Crippen LogP contribution in [0.25, 0.3) is 64.4 Å². The Balaban J connectivity index is 1.07. The van der Waals surface area contributed by atoms with E-state index in [-0.39, 0.29) is 12.3 Å². The minimum absolute atomic E-state index is 0.177. The summed E-state index contributed by atoms with van der Waals surface area (Å²) in [6.45, 7) is 0. The van der Waals surface area contributed by atoms with Crippen LogP contribution in [0.4, 0.5) is 0 Å². The molecule has 5 heteroatoms. The largest absolute Gasteiger partial charge is 0.455 e. The Morgan fingerprint density at radius 3 is 2.00 bits per heavy atom. The van der Waals surface area contributed by atoms with Crippen molar-refractivity contribution in [2.24, 2.45) is 4.99 Å². The summed E-state index contributed by atoms with van der Waals surface area (Å²) in [5.74, 6) is 0.805. The maximum absolute atomic E-state index is 6.48. The second kappa shape index (κ2) is 11.8. The third-order valence-electron chi connectivity index (χ3n) is 9.79. The molecule has 0 fully saturated rings. The second-order valence-corrected chi connectivity index (χ2v) is 13.9.